The van der Waals surface area contributed by atoms with Gasteiger partial charge in [-0.15, -0.1) is 0 Å². The molecular formula is C27H43N3O3. The summed E-state index contributed by atoms with van der Waals surface area (Å²) >= 11 is 0. The predicted octanol–water partition coefficient (Wildman–Crippen LogP) is 5.05. The van der Waals surface area contributed by atoms with E-state index >= 15 is 0 Å². The van der Waals surface area contributed by atoms with Gasteiger partial charge in [0.1, 0.15) is 12.4 Å². The lowest BCUT2D eigenvalue weighted by Crippen LogP contribution is -2.54. The van der Waals surface area contributed by atoms with Gasteiger partial charge in [0.2, 0.25) is 0 Å². The Bertz CT molecular complexity index is 867. The number of oxime groups is 1. The Morgan fingerprint density at radius 3 is 2.76 bits per heavy atom. The van der Waals surface area contributed by atoms with E-state index in [1.54, 1.807) is 6.20 Å². The van der Waals surface area contributed by atoms with E-state index in [-0.39, 0.29) is 11.5 Å². The lowest BCUT2D eigenvalue weighted by Gasteiger charge is -2.60. The molecule has 184 valence electrons. The van der Waals surface area contributed by atoms with Crippen molar-refractivity contribution in [3.63, 3.8) is 0 Å². The Morgan fingerprint density at radius 2 is 1.94 bits per heavy atom. The second-order valence-electron chi connectivity index (χ2n) is 12.2. The predicted molar refractivity (Wildman–Crippen MR) is 129 cm³/mol. The third-order valence-corrected chi connectivity index (χ3v) is 10.1. The maximum absolute atomic E-state index is 10.7. The zero-order valence-corrected chi connectivity index (χ0v) is 21.1. The molecule has 1 aromatic heterocycles. The Hall–Kier alpha value is -1.40. The van der Waals surface area contributed by atoms with Gasteiger partial charge in [-0.05, 0) is 106 Å². The summed E-state index contributed by atoms with van der Waals surface area (Å²) < 4.78 is 5.77. The van der Waals surface area contributed by atoms with E-state index < -0.39 is 0 Å². The van der Waals surface area contributed by atoms with Crippen LogP contribution in [0, 0.1) is 34.5 Å². The number of fused-ring (bicyclic) bond motifs is 5. The average Bonchev–Trinajstić information content (AvgIpc) is 3.34. The lowest BCUT2D eigenvalue weighted by atomic mass is 9.45. The standard InChI is InChI=1S/C27H43N3O3/c1-26-12-9-19(29-32-14-11-25-28-16-20(33-25)17-30(3)4)15-18(26)5-6-21-22-7-8-24(31)27(22,2)13-10-23(21)26/h16,18,21-24,31H,5-15,17H2,1-4H3. The molecule has 1 N–H and O–H groups in total. The molecule has 7 unspecified atom stereocenters. The first-order valence-corrected chi connectivity index (χ1v) is 13.2. The van der Waals surface area contributed by atoms with Crippen LogP contribution in [0.15, 0.2) is 15.8 Å². The van der Waals surface area contributed by atoms with Crippen molar-refractivity contribution < 1.29 is 14.4 Å². The van der Waals surface area contributed by atoms with Gasteiger partial charge in [0.05, 0.1) is 31.0 Å². The SMILES string of the molecule is CN(C)Cc1cnc(CCON=C2CCC3(C)C(CCC4C5CCC(O)C5(C)CCC43)C2)o1. The molecule has 5 rings (SSSR count). The Labute approximate surface area is 199 Å². The Kier molecular flexibility index (Phi) is 6.36. The molecule has 1 heterocycles. The van der Waals surface area contributed by atoms with Gasteiger partial charge >= 0.3 is 0 Å². The van der Waals surface area contributed by atoms with Crippen LogP contribution in [-0.4, -0.2) is 47.5 Å². The number of hydrogen-bond acceptors (Lipinski definition) is 6. The van der Waals surface area contributed by atoms with Crippen molar-refractivity contribution in [1.29, 1.82) is 0 Å². The van der Waals surface area contributed by atoms with Crippen LogP contribution in [-0.2, 0) is 17.8 Å². The molecule has 0 radical (unpaired) electrons. The molecular weight excluding hydrogens is 414 g/mol. The van der Waals surface area contributed by atoms with E-state index in [4.69, 9.17) is 9.25 Å². The Morgan fingerprint density at radius 1 is 1.12 bits per heavy atom. The summed E-state index contributed by atoms with van der Waals surface area (Å²) in [7, 11) is 4.04. The zero-order valence-electron chi connectivity index (χ0n) is 21.1. The summed E-state index contributed by atoms with van der Waals surface area (Å²) in [5, 5.41) is 15.2. The smallest absolute Gasteiger partial charge is 0.197 e. The van der Waals surface area contributed by atoms with Gasteiger partial charge in [-0.1, -0.05) is 19.0 Å². The van der Waals surface area contributed by atoms with E-state index in [2.05, 4.69) is 28.9 Å². The molecule has 0 saturated heterocycles. The molecule has 1 aromatic rings. The van der Waals surface area contributed by atoms with E-state index in [1.807, 2.05) is 14.1 Å². The molecule has 4 saturated carbocycles. The minimum absolute atomic E-state index is 0.0767. The molecule has 4 fully saturated rings. The van der Waals surface area contributed by atoms with Gasteiger partial charge < -0.3 is 19.3 Å². The van der Waals surface area contributed by atoms with Gasteiger partial charge in [-0.25, -0.2) is 4.98 Å². The highest BCUT2D eigenvalue weighted by atomic mass is 16.6. The van der Waals surface area contributed by atoms with Crippen LogP contribution in [0.5, 0.6) is 0 Å². The van der Waals surface area contributed by atoms with Gasteiger partial charge in [0.15, 0.2) is 5.89 Å². The summed E-state index contributed by atoms with van der Waals surface area (Å²) in [5.41, 5.74) is 1.85. The van der Waals surface area contributed by atoms with Crippen molar-refractivity contribution in [3.8, 4) is 0 Å². The van der Waals surface area contributed by atoms with Crippen LogP contribution in [0.1, 0.15) is 83.3 Å². The minimum atomic E-state index is -0.0767. The van der Waals surface area contributed by atoms with Crippen LogP contribution in [0.2, 0.25) is 0 Å². The molecule has 7 atom stereocenters. The fraction of sp³-hybridized carbons (Fsp3) is 0.852. The number of oxazole rings is 1. The molecule has 6 heteroatoms. The highest BCUT2D eigenvalue weighted by molar-refractivity contribution is 5.85. The van der Waals surface area contributed by atoms with Gasteiger partial charge in [0.25, 0.3) is 0 Å². The van der Waals surface area contributed by atoms with Crippen LogP contribution in [0.25, 0.3) is 0 Å². The molecule has 0 spiro atoms. The highest BCUT2D eigenvalue weighted by Gasteiger charge is 2.59. The molecule has 0 aliphatic heterocycles. The quantitative estimate of drug-likeness (QED) is 0.478. The van der Waals surface area contributed by atoms with Crippen molar-refractivity contribution in [2.45, 2.75) is 90.7 Å². The molecule has 4 aliphatic rings. The van der Waals surface area contributed by atoms with Crippen LogP contribution in [0.3, 0.4) is 0 Å². The van der Waals surface area contributed by atoms with Gasteiger partial charge in [-0.2, -0.15) is 0 Å². The normalized spacial score (nSPS) is 41.6. The summed E-state index contributed by atoms with van der Waals surface area (Å²) in [5.74, 6) is 4.71. The molecule has 0 bridgehead atoms. The van der Waals surface area contributed by atoms with Gasteiger partial charge in [-0.3, -0.25) is 0 Å². The van der Waals surface area contributed by atoms with Crippen LogP contribution < -0.4 is 0 Å². The molecule has 0 amide bonds. The maximum Gasteiger partial charge on any atom is 0.197 e. The third kappa shape index (κ3) is 4.27. The molecule has 33 heavy (non-hydrogen) atoms. The number of nitrogens with zero attached hydrogens (tertiary/aromatic N) is 3. The fourth-order valence-electron chi connectivity index (χ4n) is 8.23. The monoisotopic (exact) mass is 457 g/mol. The fourth-order valence-corrected chi connectivity index (χ4v) is 8.23. The van der Waals surface area contributed by atoms with Crippen LogP contribution >= 0.6 is 0 Å². The number of aliphatic hydroxyl groups excluding tert-OH is 1. The molecule has 0 aromatic carbocycles. The first kappa shape index (κ1) is 23.3. The summed E-state index contributed by atoms with van der Waals surface area (Å²) in [6.07, 6.45) is 13.2. The van der Waals surface area contributed by atoms with E-state index in [9.17, 15) is 5.11 Å². The Balaban J connectivity index is 1.15. The van der Waals surface area contributed by atoms with Gasteiger partial charge in [0, 0.05) is 0 Å². The average molecular weight is 458 g/mol. The molecule has 4 aliphatic carbocycles. The van der Waals surface area contributed by atoms with E-state index in [1.165, 1.54) is 44.2 Å². The first-order valence-electron chi connectivity index (χ1n) is 13.2. The lowest BCUT2D eigenvalue weighted by molar-refractivity contribution is -0.112. The zero-order chi connectivity index (χ0) is 23.2. The van der Waals surface area contributed by atoms with E-state index in [0.29, 0.717) is 18.4 Å². The maximum atomic E-state index is 10.7. The summed E-state index contributed by atoms with van der Waals surface area (Å²) in [6.45, 7) is 6.23. The van der Waals surface area contributed by atoms with Crippen molar-refractivity contribution in [2.24, 2.45) is 39.7 Å². The topological polar surface area (TPSA) is 71.1 Å². The molecule has 6 nitrogen and oxygen atoms in total. The van der Waals surface area contributed by atoms with Crippen molar-refractivity contribution in [1.82, 2.24) is 9.88 Å². The largest absolute Gasteiger partial charge is 0.444 e. The van der Waals surface area contributed by atoms with Crippen molar-refractivity contribution in [2.75, 3.05) is 20.7 Å². The second kappa shape index (κ2) is 8.99. The number of hydrogen-bond donors (Lipinski definition) is 1. The second-order valence-corrected chi connectivity index (χ2v) is 12.2. The van der Waals surface area contributed by atoms with Crippen molar-refractivity contribution >= 4 is 5.71 Å². The summed E-state index contributed by atoms with van der Waals surface area (Å²) in [6, 6.07) is 0. The number of rotatable bonds is 6. The first-order chi connectivity index (χ1) is 15.8. The third-order valence-electron chi connectivity index (χ3n) is 10.1. The van der Waals surface area contributed by atoms with E-state index in [0.717, 1.165) is 61.1 Å². The summed E-state index contributed by atoms with van der Waals surface area (Å²) in [4.78, 5) is 12.1. The minimum Gasteiger partial charge on any atom is -0.444 e. The van der Waals surface area contributed by atoms with Crippen LogP contribution in [0.4, 0.5) is 0 Å². The number of aromatic nitrogens is 1. The number of aliphatic hydroxyl groups is 1. The highest BCUT2D eigenvalue weighted by Crippen LogP contribution is 2.65. The van der Waals surface area contributed by atoms with Crippen molar-refractivity contribution in [3.05, 3.63) is 17.8 Å².